The fraction of sp³-hybridized carbons (Fsp3) is 0.148. The number of aryl methyl sites for hydroxylation is 3. The molecule has 0 unspecified atom stereocenters. The molecule has 0 atom stereocenters. The first-order valence-electron chi connectivity index (χ1n) is 9.90. The maximum Gasteiger partial charge on any atom is 0.213 e. The van der Waals surface area contributed by atoms with E-state index in [2.05, 4.69) is 104 Å². The normalized spacial score (nSPS) is 12.0. The summed E-state index contributed by atoms with van der Waals surface area (Å²) in [5.74, 6) is 0. The summed E-state index contributed by atoms with van der Waals surface area (Å²) in [6, 6.07) is 26.4. The van der Waals surface area contributed by atoms with Crippen LogP contribution in [-0.4, -0.2) is 0 Å². The molecule has 1 aromatic heterocycles. The smallest absolute Gasteiger partial charge is 0.200 e. The van der Waals surface area contributed by atoms with Crippen LogP contribution in [0.15, 0.2) is 79.0 Å². The molecular weight excluding hydrogens is 338 g/mol. The van der Waals surface area contributed by atoms with Crippen LogP contribution in [0.3, 0.4) is 0 Å². The van der Waals surface area contributed by atoms with Crippen molar-refractivity contribution in [3.63, 3.8) is 0 Å². The maximum absolute atomic E-state index is 2.36. The lowest BCUT2D eigenvalue weighted by Crippen LogP contribution is -2.31. The molecule has 5 rings (SSSR count). The van der Waals surface area contributed by atoms with E-state index in [9.17, 15) is 0 Å². The molecule has 0 saturated heterocycles. The average molecular weight is 362 g/mol. The van der Waals surface area contributed by atoms with Gasteiger partial charge in [-0.05, 0) is 59.2 Å². The molecular formula is C27H24N+. The van der Waals surface area contributed by atoms with Gasteiger partial charge in [-0.3, -0.25) is 0 Å². The Balaban J connectivity index is 1.70. The fourth-order valence-corrected chi connectivity index (χ4v) is 4.60. The first-order valence-corrected chi connectivity index (χ1v) is 9.90. The summed E-state index contributed by atoms with van der Waals surface area (Å²) >= 11 is 0. The van der Waals surface area contributed by atoms with E-state index in [1.807, 2.05) is 0 Å². The van der Waals surface area contributed by atoms with Crippen LogP contribution >= 0.6 is 0 Å². The summed E-state index contributed by atoms with van der Waals surface area (Å²) in [4.78, 5) is 0. The van der Waals surface area contributed by atoms with Gasteiger partial charge in [0.05, 0.1) is 5.56 Å². The van der Waals surface area contributed by atoms with Crippen LogP contribution in [0.2, 0.25) is 0 Å². The molecule has 1 heteroatoms. The van der Waals surface area contributed by atoms with Gasteiger partial charge in [0, 0.05) is 11.6 Å². The number of nitrogens with zero attached hydrogens (tertiary/aromatic N) is 1. The van der Waals surface area contributed by atoms with Gasteiger partial charge in [-0.2, -0.15) is 0 Å². The monoisotopic (exact) mass is 362 g/mol. The molecule has 0 aliphatic heterocycles. The lowest BCUT2D eigenvalue weighted by Gasteiger charge is -2.13. The third-order valence-corrected chi connectivity index (χ3v) is 6.02. The number of rotatable bonds is 2. The number of hydrogen-bond acceptors (Lipinski definition) is 0. The molecule has 1 aliphatic carbocycles. The van der Waals surface area contributed by atoms with E-state index in [1.54, 1.807) is 0 Å². The second-order valence-corrected chi connectivity index (χ2v) is 7.85. The van der Waals surface area contributed by atoms with Crippen molar-refractivity contribution in [2.45, 2.75) is 20.3 Å². The summed E-state index contributed by atoms with van der Waals surface area (Å²) in [7, 11) is 2.17. The predicted octanol–water partition coefficient (Wildman–Crippen LogP) is 6.03. The second-order valence-electron chi connectivity index (χ2n) is 7.85. The molecule has 136 valence electrons. The number of hydrogen-bond donors (Lipinski definition) is 0. The lowest BCUT2D eigenvalue weighted by molar-refractivity contribution is -0.660. The highest BCUT2D eigenvalue weighted by molar-refractivity contribution is 5.85. The van der Waals surface area contributed by atoms with Crippen LogP contribution in [0.5, 0.6) is 0 Å². The number of pyridine rings is 1. The molecule has 0 amide bonds. The van der Waals surface area contributed by atoms with Gasteiger partial charge in [-0.25, -0.2) is 4.57 Å². The molecule has 0 bridgehead atoms. The minimum absolute atomic E-state index is 1.02. The van der Waals surface area contributed by atoms with E-state index in [1.165, 1.54) is 55.8 Å². The van der Waals surface area contributed by atoms with Gasteiger partial charge in [-0.1, -0.05) is 66.7 Å². The minimum Gasteiger partial charge on any atom is -0.200 e. The highest BCUT2D eigenvalue weighted by atomic mass is 14.9. The van der Waals surface area contributed by atoms with Crippen LogP contribution in [0.4, 0.5) is 0 Å². The Labute approximate surface area is 166 Å². The number of fused-ring (bicyclic) bond motifs is 3. The highest BCUT2D eigenvalue weighted by Crippen LogP contribution is 2.42. The largest absolute Gasteiger partial charge is 0.213 e. The topological polar surface area (TPSA) is 3.88 Å². The Morgan fingerprint density at radius 1 is 0.714 bits per heavy atom. The first kappa shape index (κ1) is 16.9. The van der Waals surface area contributed by atoms with Gasteiger partial charge in [0.15, 0.2) is 6.20 Å². The van der Waals surface area contributed by atoms with Crippen LogP contribution < -0.4 is 4.57 Å². The molecule has 0 N–H and O–H groups in total. The number of benzene rings is 3. The number of aromatic nitrogens is 1. The third-order valence-electron chi connectivity index (χ3n) is 6.02. The summed E-state index contributed by atoms with van der Waals surface area (Å²) in [5.41, 5.74) is 13.6. The summed E-state index contributed by atoms with van der Waals surface area (Å²) in [5, 5.41) is 0. The zero-order chi connectivity index (χ0) is 19.3. The van der Waals surface area contributed by atoms with Gasteiger partial charge >= 0.3 is 0 Å². The zero-order valence-electron chi connectivity index (χ0n) is 16.7. The Hall–Kier alpha value is -3.19. The first-order chi connectivity index (χ1) is 13.6. The van der Waals surface area contributed by atoms with Crippen LogP contribution in [0.25, 0.3) is 33.5 Å². The summed E-state index contributed by atoms with van der Waals surface area (Å²) < 4.78 is 2.29. The van der Waals surface area contributed by atoms with E-state index in [0.29, 0.717) is 0 Å². The zero-order valence-corrected chi connectivity index (χ0v) is 16.7. The van der Waals surface area contributed by atoms with E-state index in [0.717, 1.165) is 6.42 Å². The Bertz CT molecular complexity index is 1200. The Morgan fingerprint density at radius 2 is 1.46 bits per heavy atom. The lowest BCUT2D eigenvalue weighted by atomic mass is 9.92. The molecule has 0 radical (unpaired) electrons. The fourth-order valence-electron chi connectivity index (χ4n) is 4.60. The van der Waals surface area contributed by atoms with Crippen molar-refractivity contribution >= 4 is 0 Å². The quantitative estimate of drug-likeness (QED) is 0.337. The molecule has 0 fully saturated rings. The van der Waals surface area contributed by atoms with Crippen LogP contribution in [0, 0.1) is 13.8 Å². The third kappa shape index (κ3) is 2.58. The van der Waals surface area contributed by atoms with Gasteiger partial charge < -0.3 is 0 Å². The molecule has 0 saturated carbocycles. The highest BCUT2D eigenvalue weighted by Gasteiger charge is 2.26. The van der Waals surface area contributed by atoms with Gasteiger partial charge in [0.1, 0.15) is 7.05 Å². The molecule has 4 aromatic rings. The SMILES string of the molecule is Cc1cc(-c2c(C)ccc3c2Cc2ccccc2-3)[n+](C)cc1-c1ccccc1. The minimum atomic E-state index is 1.02. The summed E-state index contributed by atoms with van der Waals surface area (Å²) in [6.45, 7) is 4.46. The standard InChI is InChI=1S/C27H24N/c1-18-13-14-23-22-12-8-7-11-21(22)16-24(23)27(18)26-15-19(2)25(17-28(26)3)20-9-5-4-6-10-20/h4-15,17H,16H2,1-3H3/q+1. The second kappa shape index (κ2) is 6.45. The summed E-state index contributed by atoms with van der Waals surface area (Å²) in [6.07, 6.45) is 3.29. The van der Waals surface area contributed by atoms with E-state index in [4.69, 9.17) is 0 Å². The van der Waals surface area contributed by atoms with Crippen molar-refractivity contribution in [2.24, 2.45) is 7.05 Å². The predicted molar refractivity (Wildman–Crippen MR) is 116 cm³/mol. The van der Waals surface area contributed by atoms with Gasteiger partial charge in [0.2, 0.25) is 5.69 Å². The maximum atomic E-state index is 2.36. The van der Waals surface area contributed by atoms with E-state index < -0.39 is 0 Å². The van der Waals surface area contributed by atoms with Gasteiger partial charge in [-0.15, -0.1) is 0 Å². The molecule has 3 aromatic carbocycles. The molecule has 1 heterocycles. The van der Waals surface area contributed by atoms with Crippen molar-refractivity contribution in [1.82, 2.24) is 0 Å². The Morgan fingerprint density at radius 3 is 2.29 bits per heavy atom. The Kier molecular flexibility index (Phi) is 3.91. The van der Waals surface area contributed by atoms with Crippen molar-refractivity contribution in [3.8, 4) is 33.5 Å². The van der Waals surface area contributed by atoms with Crippen molar-refractivity contribution in [1.29, 1.82) is 0 Å². The van der Waals surface area contributed by atoms with Crippen molar-refractivity contribution in [2.75, 3.05) is 0 Å². The molecule has 0 spiro atoms. The molecule has 28 heavy (non-hydrogen) atoms. The van der Waals surface area contributed by atoms with E-state index in [-0.39, 0.29) is 0 Å². The van der Waals surface area contributed by atoms with Gasteiger partial charge in [0.25, 0.3) is 0 Å². The molecule has 1 nitrogen and oxygen atoms in total. The van der Waals surface area contributed by atoms with Crippen LogP contribution in [-0.2, 0) is 13.5 Å². The average Bonchev–Trinajstić information content (AvgIpc) is 3.09. The van der Waals surface area contributed by atoms with E-state index >= 15 is 0 Å². The van der Waals surface area contributed by atoms with Crippen molar-refractivity contribution in [3.05, 3.63) is 101 Å². The van der Waals surface area contributed by atoms with Crippen molar-refractivity contribution < 1.29 is 4.57 Å². The van der Waals surface area contributed by atoms with Crippen LogP contribution in [0.1, 0.15) is 22.3 Å². The molecule has 1 aliphatic rings.